The summed E-state index contributed by atoms with van der Waals surface area (Å²) in [4.78, 5) is 0. The molecule has 0 bridgehead atoms. The molecule has 96 valence electrons. The summed E-state index contributed by atoms with van der Waals surface area (Å²) in [7, 11) is 0. The third kappa shape index (κ3) is 3.88. The molecule has 2 atom stereocenters. The maximum Gasteiger partial charge on any atom is 0.105 e. The first kappa shape index (κ1) is 12.7. The lowest BCUT2D eigenvalue weighted by molar-refractivity contribution is 0.264. The average Bonchev–Trinajstić information content (AvgIpc) is 2.82. The molecule has 0 spiro atoms. The molecule has 0 saturated heterocycles. The maximum absolute atomic E-state index is 5.39. The molecule has 2 unspecified atom stereocenters. The van der Waals surface area contributed by atoms with Crippen LogP contribution in [0.5, 0.6) is 0 Å². The lowest BCUT2D eigenvalue weighted by atomic mass is 9.84. The van der Waals surface area contributed by atoms with Gasteiger partial charge in [-0.3, -0.25) is 0 Å². The summed E-state index contributed by atoms with van der Waals surface area (Å²) in [5.41, 5.74) is 0. The van der Waals surface area contributed by atoms with Crippen molar-refractivity contribution in [2.45, 2.75) is 64.5 Å². The fraction of sp³-hybridized carbons (Fsp3) is 0.733. The maximum atomic E-state index is 5.39. The molecule has 1 aliphatic carbocycles. The topological polar surface area (TPSA) is 25.2 Å². The summed E-state index contributed by atoms with van der Waals surface area (Å²) in [6.45, 7) is 4.59. The predicted molar refractivity (Wildman–Crippen MR) is 71.0 cm³/mol. The smallest absolute Gasteiger partial charge is 0.105 e. The summed E-state index contributed by atoms with van der Waals surface area (Å²) in [6, 6.07) is 5.16. The van der Waals surface area contributed by atoms with Gasteiger partial charge in [-0.1, -0.05) is 19.3 Å². The van der Waals surface area contributed by atoms with Crippen LogP contribution in [0.3, 0.4) is 0 Å². The van der Waals surface area contributed by atoms with E-state index in [4.69, 9.17) is 4.42 Å². The van der Waals surface area contributed by atoms with Crippen molar-refractivity contribution in [3.8, 4) is 0 Å². The van der Waals surface area contributed by atoms with E-state index in [2.05, 4.69) is 25.2 Å². The Labute approximate surface area is 105 Å². The fourth-order valence-electron chi connectivity index (χ4n) is 3.01. The Morgan fingerprint density at radius 3 is 2.71 bits per heavy atom. The second-order valence-corrected chi connectivity index (χ2v) is 5.54. The van der Waals surface area contributed by atoms with Crippen LogP contribution in [0, 0.1) is 5.92 Å². The minimum Gasteiger partial charge on any atom is -0.469 e. The molecule has 1 saturated carbocycles. The molecule has 2 nitrogen and oxygen atoms in total. The van der Waals surface area contributed by atoms with E-state index in [1.54, 1.807) is 6.26 Å². The van der Waals surface area contributed by atoms with Gasteiger partial charge in [0.15, 0.2) is 0 Å². The van der Waals surface area contributed by atoms with Gasteiger partial charge in [0.2, 0.25) is 0 Å². The highest BCUT2D eigenvalue weighted by molar-refractivity contribution is 5.00. The molecule has 1 aromatic heterocycles. The molecular weight excluding hydrogens is 210 g/mol. The number of hydrogen-bond acceptors (Lipinski definition) is 2. The molecule has 1 heterocycles. The SMILES string of the molecule is CC(Cc1ccco1)NC(C)C1CCCCC1. The zero-order valence-corrected chi connectivity index (χ0v) is 11.1. The van der Waals surface area contributed by atoms with Crippen LogP contribution in [0.1, 0.15) is 51.7 Å². The molecule has 1 fully saturated rings. The molecule has 0 aromatic carbocycles. The van der Waals surface area contributed by atoms with Gasteiger partial charge < -0.3 is 9.73 Å². The monoisotopic (exact) mass is 235 g/mol. The first-order chi connectivity index (χ1) is 8.25. The molecular formula is C15H25NO. The fourth-order valence-corrected chi connectivity index (χ4v) is 3.01. The quantitative estimate of drug-likeness (QED) is 0.840. The highest BCUT2D eigenvalue weighted by Crippen LogP contribution is 2.26. The second kappa shape index (κ2) is 6.25. The Hall–Kier alpha value is -0.760. The molecule has 0 amide bonds. The van der Waals surface area contributed by atoms with Gasteiger partial charge in [-0.05, 0) is 44.7 Å². The highest BCUT2D eigenvalue weighted by atomic mass is 16.3. The second-order valence-electron chi connectivity index (χ2n) is 5.54. The normalized spacial score (nSPS) is 21.3. The van der Waals surface area contributed by atoms with Crippen molar-refractivity contribution < 1.29 is 4.42 Å². The summed E-state index contributed by atoms with van der Waals surface area (Å²) in [5.74, 6) is 1.96. The number of nitrogens with one attached hydrogen (secondary N) is 1. The van der Waals surface area contributed by atoms with E-state index < -0.39 is 0 Å². The van der Waals surface area contributed by atoms with Crippen LogP contribution in [-0.2, 0) is 6.42 Å². The Morgan fingerprint density at radius 2 is 2.06 bits per heavy atom. The zero-order valence-electron chi connectivity index (χ0n) is 11.1. The molecule has 0 aliphatic heterocycles. The van der Waals surface area contributed by atoms with E-state index in [1.807, 2.05) is 6.07 Å². The van der Waals surface area contributed by atoms with Gasteiger partial charge in [0.05, 0.1) is 6.26 Å². The van der Waals surface area contributed by atoms with Gasteiger partial charge in [0, 0.05) is 18.5 Å². The lowest BCUT2D eigenvalue weighted by Gasteiger charge is -2.30. The van der Waals surface area contributed by atoms with Gasteiger partial charge in [-0.2, -0.15) is 0 Å². The molecule has 0 radical (unpaired) electrons. The Kier molecular flexibility index (Phi) is 4.66. The summed E-state index contributed by atoms with van der Waals surface area (Å²) < 4.78 is 5.39. The number of hydrogen-bond donors (Lipinski definition) is 1. The van der Waals surface area contributed by atoms with Gasteiger partial charge in [0.25, 0.3) is 0 Å². The van der Waals surface area contributed by atoms with Gasteiger partial charge in [-0.15, -0.1) is 0 Å². The van der Waals surface area contributed by atoms with E-state index in [0.717, 1.165) is 18.1 Å². The standard InChI is InChI=1S/C15H25NO/c1-12(11-15-9-6-10-17-15)16-13(2)14-7-4-3-5-8-14/h6,9-10,12-14,16H,3-5,7-8,11H2,1-2H3. The molecule has 17 heavy (non-hydrogen) atoms. The van der Waals surface area contributed by atoms with Crippen LogP contribution in [0.2, 0.25) is 0 Å². The van der Waals surface area contributed by atoms with Gasteiger partial charge >= 0.3 is 0 Å². The molecule has 2 rings (SSSR count). The van der Waals surface area contributed by atoms with Crippen molar-refractivity contribution in [2.75, 3.05) is 0 Å². The van der Waals surface area contributed by atoms with Crippen LogP contribution in [0.15, 0.2) is 22.8 Å². The molecule has 1 aromatic rings. The third-order valence-corrected chi connectivity index (χ3v) is 3.99. The minimum atomic E-state index is 0.498. The number of furan rings is 1. The predicted octanol–water partition coefficient (Wildman–Crippen LogP) is 3.77. The van der Waals surface area contributed by atoms with E-state index in [9.17, 15) is 0 Å². The Balaban J connectivity index is 1.75. The van der Waals surface area contributed by atoms with Crippen LogP contribution in [0.4, 0.5) is 0 Å². The van der Waals surface area contributed by atoms with E-state index in [1.165, 1.54) is 32.1 Å². The zero-order chi connectivity index (χ0) is 12.1. The van der Waals surface area contributed by atoms with Crippen molar-refractivity contribution in [1.82, 2.24) is 5.32 Å². The Morgan fingerprint density at radius 1 is 1.29 bits per heavy atom. The number of rotatable bonds is 5. The first-order valence-electron chi connectivity index (χ1n) is 7.04. The van der Waals surface area contributed by atoms with Crippen molar-refractivity contribution >= 4 is 0 Å². The van der Waals surface area contributed by atoms with E-state index in [-0.39, 0.29) is 0 Å². The van der Waals surface area contributed by atoms with Crippen LogP contribution >= 0.6 is 0 Å². The highest BCUT2D eigenvalue weighted by Gasteiger charge is 2.21. The summed E-state index contributed by atoms with van der Waals surface area (Å²) in [6.07, 6.45) is 9.83. The van der Waals surface area contributed by atoms with E-state index in [0.29, 0.717) is 12.1 Å². The Bertz CT molecular complexity index is 301. The van der Waals surface area contributed by atoms with Crippen LogP contribution in [-0.4, -0.2) is 12.1 Å². The van der Waals surface area contributed by atoms with Crippen LogP contribution < -0.4 is 5.32 Å². The van der Waals surface area contributed by atoms with Crippen molar-refractivity contribution in [3.63, 3.8) is 0 Å². The minimum absolute atomic E-state index is 0.498. The molecule has 2 heteroatoms. The van der Waals surface area contributed by atoms with Crippen molar-refractivity contribution in [2.24, 2.45) is 5.92 Å². The van der Waals surface area contributed by atoms with Crippen LogP contribution in [0.25, 0.3) is 0 Å². The first-order valence-corrected chi connectivity index (χ1v) is 7.04. The average molecular weight is 235 g/mol. The lowest BCUT2D eigenvalue weighted by Crippen LogP contribution is -2.41. The molecule has 1 N–H and O–H groups in total. The van der Waals surface area contributed by atoms with E-state index >= 15 is 0 Å². The molecule has 1 aliphatic rings. The largest absolute Gasteiger partial charge is 0.469 e. The van der Waals surface area contributed by atoms with Gasteiger partial charge in [0.1, 0.15) is 5.76 Å². The van der Waals surface area contributed by atoms with Gasteiger partial charge in [-0.25, -0.2) is 0 Å². The van der Waals surface area contributed by atoms with Crippen molar-refractivity contribution in [3.05, 3.63) is 24.2 Å². The summed E-state index contributed by atoms with van der Waals surface area (Å²) >= 11 is 0. The third-order valence-electron chi connectivity index (χ3n) is 3.99. The van der Waals surface area contributed by atoms with Crippen molar-refractivity contribution in [1.29, 1.82) is 0 Å². The summed E-state index contributed by atoms with van der Waals surface area (Å²) in [5, 5.41) is 3.73.